The third-order valence-corrected chi connectivity index (χ3v) is 3.70. The Balaban J connectivity index is 2.09. The average molecular weight is 349 g/mol. The summed E-state index contributed by atoms with van der Waals surface area (Å²) >= 11 is 3.37. The van der Waals surface area contributed by atoms with Crippen LogP contribution in [0.15, 0.2) is 46.9 Å². The first-order valence-electron chi connectivity index (χ1n) is 6.14. The van der Waals surface area contributed by atoms with E-state index >= 15 is 0 Å². The van der Waals surface area contributed by atoms with Crippen molar-refractivity contribution in [2.24, 2.45) is 0 Å². The van der Waals surface area contributed by atoms with E-state index in [1.807, 2.05) is 13.0 Å². The first-order valence-corrected chi connectivity index (χ1v) is 6.93. The van der Waals surface area contributed by atoms with Gasteiger partial charge in [-0.15, -0.1) is 0 Å². The Morgan fingerprint density at radius 2 is 1.95 bits per heavy atom. The maximum atomic E-state index is 11.8. The Morgan fingerprint density at radius 3 is 2.67 bits per heavy atom. The number of phenols is 2. The minimum atomic E-state index is -0.524. The number of phenolic OH excluding ortho intramolecular Hbond substituents is 2. The van der Waals surface area contributed by atoms with Gasteiger partial charge in [0.1, 0.15) is 5.75 Å². The molecule has 21 heavy (non-hydrogen) atoms. The third-order valence-electron chi connectivity index (χ3n) is 2.84. The zero-order valence-electron chi connectivity index (χ0n) is 11.2. The predicted molar refractivity (Wildman–Crippen MR) is 83.3 cm³/mol. The summed E-state index contributed by atoms with van der Waals surface area (Å²) in [6.07, 6.45) is 2.75. The number of hydrogen-bond acceptors (Lipinski definition) is 4. The summed E-state index contributed by atoms with van der Waals surface area (Å²) in [6, 6.07) is 9.62. The summed E-state index contributed by atoms with van der Waals surface area (Å²) in [4.78, 5) is 11.8. The molecule has 0 aromatic heterocycles. The molecule has 2 N–H and O–H groups in total. The van der Waals surface area contributed by atoms with Crippen LogP contribution in [-0.4, -0.2) is 16.2 Å². The monoisotopic (exact) mass is 348 g/mol. The second-order valence-electron chi connectivity index (χ2n) is 4.37. The van der Waals surface area contributed by atoms with Crippen LogP contribution in [0.2, 0.25) is 0 Å². The minimum absolute atomic E-state index is 0.209. The summed E-state index contributed by atoms with van der Waals surface area (Å²) in [6.45, 7) is 1.84. The first-order chi connectivity index (χ1) is 9.97. The van der Waals surface area contributed by atoms with E-state index in [1.165, 1.54) is 24.3 Å². The van der Waals surface area contributed by atoms with E-state index in [4.69, 9.17) is 4.74 Å². The van der Waals surface area contributed by atoms with Gasteiger partial charge in [0.25, 0.3) is 0 Å². The van der Waals surface area contributed by atoms with Crippen LogP contribution in [0.4, 0.5) is 0 Å². The summed E-state index contributed by atoms with van der Waals surface area (Å²) in [5, 5.41) is 18.6. The van der Waals surface area contributed by atoms with Crippen molar-refractivity contribution < 1.29 is 19.7 Å². The lowest BCUT2D eigenvalue weighted by Crippen LogP contribution is -2.04. The van der Waals surface area contributed by atoms with Crippen LogP contribution in [0, 0.1) is 6.92 Å². The molecule has 2 aromatic carbocycles. The maximum absolute atomic E-state index is 11.8. The number of rotatable bonds is 3. The smallest absolute Gasteiger partial charge is 0.336 e. The highest BCUT2D eigenvalue weighted by molar-refractivity contribution is 9.10. The van der Waals surface area contributed by atoms with Crippen molar-refractivity contribution >= 4 is 28.0 Å². The van der Waals surface area contributed by atoms with Gasteiger partial charge in [-0.3, -0.25) is 0 Å². The lowest BCUT2D eigenvalue weighted by molar-refractivity contribution is -0.128. The van der Waals surface area contributed by atoms with Crippen molar-refractivity contribution in [1.29, 1.82) is 0 Å². The number of aromatic hydroxyl groups is 2. The molecule has 0 radical (unpaired) electrons. The molecule has 0 spiro atoms. The summed E-state index contributed by atoms with van der Waals surface area (Å²) in [5.74, 6) is -0.496. The fourth-order valence-electron chi connectivity index (χ4n) is 1.65. The number of benzene rings is 2. The molecule has 108 valence electrons. The molecule has 2 rings (SSSR count). The minimum Gasteiger partial charge on any atom is -0.504 e. The highest BCUT2D eigenvalue weighted by Gasteiger charge is 2.06. The van der Waals surface area contributed by atoms with Gasteiger partial charge in [0.2, 0.25) is 0 Å². The highest BCUT2D eigenvalue weighted by Crippen LogP contribution is 2.26. The van der Waals surface area contributed by atoms with E-state index in [1.54, 1.807) is 18.2 Å². The lowest BCUT2D eigenvalue weighted by Gasteiger charge is -2.06. The molecule has 0 aliphatic rings. The number of carbonyl (C=O) groups excluding carboxylic acids is 1. The predicted octanol–water partition coefficient (Wildman–Crippen LogP) is 3.79. The molecule has 0 fully saturated rings. The molecule has 5 heteroatoms. The normalized spacial score (nSPS) is 10.8. The molecule has 0 saturated heterocycles. The molecule has 0 atom stereocenters. The van der Waals surface area contributed by atoms with Gasteiger partial charge < -0.3 is 14.9 Å². The van der Waals surface area contributed by atoms with Gasteiger partial charge in [0, 0.05) is 16.1 Å². The van der Waals surface area contributed by atoms with Gasteiger partial charge in [0.05, 0.1) is 0 Å². The quantitative estimate of drug-likeness (QED) is 0.383. The number of carbonyl (C=O) groups is 1. The molecule has 2 aromatic rings. The van der Waals surface area contributed by atoms with Crippen molar-refractivity contribution in [2.45, 2.75) is 6.92 Å². The second kappa shape index (κ2) is 6.45. The molecule has 0 unspecified atom stereocenters. The number of esters is 1. The Labute approximate surface area is 130 Å². The molecular weight excluding hydrogens is 336 g/mol. The number of halogens is 1. The SMILES string of the molecule is Cc1c(Br)cccc1OC(=O)C=Cc1ccc(O)c(O)c1. The van der Waals surface area contributed by atoms with E-state index in [-0.39, 0.29) is 11.5 Å². The van der Waals surface area contributed by atoms with Crippen molar-refractivity contribution in [3.05, 3.63) is 58.1 Å². The second-order valence-corrected chi connectivity index (χ2v) is 5.22. The number of hydrogen-bond donors (Lipinski definition) is 2. The summed E-state index contributed by atoms with van der Waals surface area (Å²) < 4.78 is 6.10. The summed E-state index contributed by atoms with van der Waals surface area (Å²) in [5.41, 5.74) is 1.41. The molecule has 4 nitrogen and oxygen atoms in total. The Morgan fingerprint density at radius 1 is 1.19 bits per heavy atom. The van der Waals surface area contributed by atoms with E-state index in [2.05, 4.69) is 15.9 Å². The Bertz CT molecular complexity index is 707. The fraction of sp³-hybridized carbons (Fsp3) is 0.0625. The number of ether oxygens (including phenoxy) is 1. The molecule has 0 saturated carbocycles. The first kappa shape index (κ1) is 15.1. The molecule has 0 aliphatic carbocycles. The van der Waals surface area contributed by atoms with Crippen molar-refractivity contribution in [3.8, 4) is 17.2 Å². The van der Waals surface area contributed by atoms with Crippen LogP contribution in [0.5, 0.6) is 17.2 Å². The standard InChI is InChI=1S/C16H13BrO4/c1-10-12(17)3-2-4-15(10)21-16(20)8-6-11-5-7-13(18)14(19)9-11/h2-9,18-19H,1H3. The van der Waals surface area contributed by atoms with E-state index < -0.39 is 5.97 Å². The van der Waals surface area contributed by atoms with Crippen LogP contribution in [0.25, 0.3) is 6.08 Å². The van der Waals surface area contributed by atoms with Crippen LogP contribution in [-0.2, 0) is 4.79 Å². The van der Waals surface area contributed by atoms with Gasteiger partial charge in [-0.1, -0.05) is 28.1 Å². The lowest BCUT2D eigenvalue weighted by atomic mass is 10.2. The molecule has 0 bridgehead atoms. The van der Waals surface area contributed by atoms with Gasteiger partial charge in [-0.05, 0) is 42.8 Å². The zero-order chi connectivity index (χ0) is 15.4. The summed E-state index contributed by atoms with van der Waals surface area (Å²) in [7, 11) is 0. The fourth-order valence-corrected chi connectivity index (χ4v) is 2.00. The average Bonchev–Trinajstić information content (AvgIpc) is 2.45. The van der Waals surface area contributed by atoms with Gasteiger partial charge >= 0.3 is 5.97 Å². The highest BCUT2D eigenvalue weighted by atomic mass is 79.9. The van der Waals surface area contributed by atoms with E-state index in [0.29, 0.717) is 11.3 Å². The van der Waals surface area contributed by atoms with Gasteiger partial charge in [0.15, 0.2) is 11.5 Å². The zero-order valence-corrected chi connectivity index (χ0v) is 12.8. The van der Waals surface area contributed by atoms with Crippen molar-refractivity contribution in [3.63, 3.8) is 0 Å². The molecule has 0 aliphatic heterocycles. The van der Waals surface area contributed by atoms with Gasteiger partial charge in [-0.25, -0.2) is 4.79 Å². The van der Waals surface area contributed by atoms with E-state index in [0.717, 1.165) is 10.0 Å². The maximum Gasteiger partial charge on any atom is 0.336 e. The Hall–Kier alpha value is -2.27. The molecular formula is C16H13BrO4. The van der Waals surface area contributed by atoms with Crippen LogP contribution in [0.3, 0.4) is 0 Å². The van der Waals surface area contributed by atoms with Crippen LogP contribution in [0.1, 0.15) is 11.1 Å². The largest absolute Gasteiger partial charge is 0.504 e. The van der Waals surface area contributed by atoms with E-state index in [9.17, 15) is 15.0 Å². The van der Waals surface area contributed by atoms with Crippen molar-refractivity contribution in [1.82, 2.24) is 0 Å². The van der Waals surface area contributed by atoms with Gasteiger partial charge in [-0.2, -0.15) is 0 Å². The Kier molecular flexibility index (Phi) is 4.65. The van der Waals surface area contributed by atoms with Crippen LogP contribution >= 0.6 is 15.9 Å². The molecule has 0 amide bonds. The topological polar surface area (TPSA) is 66.8 Å². The van der Waals surface area contributed by atoms with Crippen molar-refractivity contribution in [2.75, 3.05) is 0 Å². The molecule has 0 heterocycles. The van der Waals surface area contributed by atoms with Crippen LogP contribution < -0.4 is 4.74 Å². The third kappa shape index (κ3) is 3.86.